The number of ether oxygens (including phenoxy) is 1. The first-order chi connectivity index (χ1) is 9.43. The number of hydrogen-bond donors (Lipinski definition) is 2. The van der Waals surface area contributed by atoms with Crippen molar-refractivity contribution in [3.63, 3.8) is 0 Å². The Balaban J connectivity index is 2.48. The molecule has 20 heavy (non-hydrogen) atoms. The van der Waals surface area contributed by atoms with Crippen molar-refractivity contribution in [1.29, 1.82) is 0 Å². The molecule has 0 aliphatic heterocycles. The van der Waals surface area contributed by atoms with Crippen LogP contribution in [0.5, 0.6) is 5.75 Å². The number of carbonyl (C=O) groups excluding carboxylic acids is 1. The van der Waals surface area contributed by atoms with Gasteiger partial charge in [0.25, 0.3) is 5.91 Å². The average Bonchev–Trinajstić information content (AvgIpc) is 2.42. The molecular formula is C12H16FN3O4. The molecule has 0 radical (unpaired) electrons. The SMILES string of the molecule is CNC(C)CNC(=O)COc1ccc([N+](=O)[O-])c(F)c1. The van der Waals surface area contributed by atoms with Gasteiger partial charge in [-0.15, -0.1) is 0 Å². The van der Waals surface area contributed by atoms with E-state index in [0.29, 0.717) is 6.54 Å². The number of nitrogens with zero attached hydrogens (tertiary/aromatic N) is 1. The van der Waals surface area contributed by atoms with Crippen molar-refractivity contribution in [2.75, 3.05) is 20.2 Å². The van der Waals surface area contributed by atoms with Crippen molar-refractivity contribution in [2.45, 2.75) is 13.0 Å². The highest BCUT2D eigenvalue weighted by molar-refractivity contribution is 5.77. The summed E-state index contributed by atoms with van der Waals surface area (Å²) in [4.78, 5) is 21.0. The third-order valence-corrected chi connectivity index (χ3v) is 2.58. The molecule has 2 N–H and O–H groups in total. The number of rotatable bonds is 7. The number of carbonyl (C=O) groups is 1. The van der Waals surface area contributed by atoms with Gasteiger partial charge in [-0.1, -0.05) is 0 Å². The molecule has 1 rings (SSSR count). The van der Waals surface area contributed by atoms with Gasteiger partial charge in [-0.3, -0.25) is 14.9 Å². The van der Waals surface area contributed by atoms with E-state index < -0.39 is 16.4 Å². The summed E-state index contributed by atoms with van der Waals surface area (Å²) in [6.45, 7) is 2.05. The third kappa shape index (κ3) is 4.81. The van der Waals surface area contributed by atoms with Crippen LogP contribution in [0.25, 0.3) is 0 Å². The van der Waals surface area contributed by atoms with Gasteiger partial charge in [0.15, 0.2) is 6.61 Å². The lowest BCUT2D eigenvalue weighted by Crippen LogP contribution is -2.39. The van der Waals surface area contributed by atoms with Crippen LogP contribution in [0.4, 0.5) is 10.1 Å². The summed E-state index contributed by atoms with van der Waals surface area (Å²) in [6.07, 6.45) is 0. The van der Waals surface area contributed by atoms with Crippen LogP contribution in [-0.2, 0) is 4.79 Å². The molecule has 0 aliphatic rings. The smallest absolute Gasteiger partial charge is 0.305 e. The van der Waals surface area contributed by atoms with Gasteiger partial charge in [0.05, 0.1) is 4.92 Å². The molecule has 0 aliphatic carbocycles. The number of nitrogens with one attached hydrogen (secondary N) is 2. The highest BCUT2D eigenvalue weighted by atomic mass is 19.1. The lowest BCUT2D eigenvalue weighted by molar-refractivity contribution is -0.387. The Labute approximate surface area is 115 Å². The maximum absolute atomic E-state index is 13.3. The number of benzene rings is 1. The minimum Gasteiger partial charge on any atom is -0.484 e. The summed E-state index contributed by atoms with van der Waals surface area (Å²) in [5, 5.41) is 16.0. The first kappa shape index (κ1) is 15.8. The van der Waals surface area contributed by atoms with E-state index in [1.165, 1.54) is 6.07 Å². The molecule has 1 atom stereocenters. The molecule has 0 aromatic heterocycles. The number of amides is 1. The maximum Gasteiger partial charge on any atom is 0.305 e. The topological polar surface area (TPSA) is 93.5 Å². The Morgan fingerprint density at radius 1 is 1.55 bits per heavy atom. The van der Waals surface area contributed by atoms with Crippen LogP contribution in [0, 0.1) is 15.9 Å². The van der Waals surface area contributed by atoms with Crippen LogP contribution in [0.15, 0.2) is 18.2 Å². The minimum absolute atomic E-state index is 0.0601. The highest BCUT2D eigenvalue weighted by Crippen LogP contribution is 2.22. The van der Waals surface area contributed by atoms with Crippen molar-refractivity contribution in [3.8, 4) is 5.75 Å². The zero-order valence-corrected chi connectivity index (χ0v) is 11.2. The summed E-state index contributed by atoms with van der Waals surface area (Å²) < 4.78 is 18.3. The van der Waals surface area contributed by atoms with Gasteiger partial charge >= 0.3 is 5.69 Å². The lowest BCUT2D eigenvalue weighted by atomic mass is 10.3. The number of halogens is 1. The fourth-order valence-corrected chi connectivity index (χ4v) is 1.29. The van der Waals surface area contributed by atoms with Gasteiger partial charge in [0.2, 0.25) is 5.82 Å². The first-order valence-corrected chi connectivity index (χ1v) is 5.94. The zero-order valence-electron chi connectivity index (χ0n) is 11.2. The second kappa shape index (κ2) is 7.39. The van der Waals surface area contributed by atoms with Crippen LogP contribution < -0.4 is 15.4 Å². The van der Waals surface area contributed by atoms with Gasteiger partial charge in [-0.25, -0.2) is 0 Å². The lowest BCUT2D eigenvalue weighted by Gasteiger charge is -2.11. The predicted octanol–water partition coefficient (Wildman–Crippen LogP) is 0.837. The van der Waals surface area contributed by atoms with Crippen LogP contribution in [0.1, 0.15) is 6.92 Å². The van der Waals surface area contributed by atoms with Crippen LogP contribution >= 0.6 is 0 Å². The van der Waals surface area contributed by atoms with E-state index in [4.69, 9.17) is 4.74 Å². The fourth-order valence-electron chi connectivity index (χ4n) is 1.29. The monoisotopic (exact) mass is 285 g/mol. The molecule has 0 fully saturated rings. The Morgan fingerprint density at radius 2 is 2.25 bits per heavy atom. The predicted molar refractivity (Wildman–Crippen MR) is 70.1 cm³/mol. The molecule has 8 heteroatoms. The van der Waals surface area contributed by atoms with E-state index in [2.05, 4.69) is 10.6 Å². The first-order valence-electron chi connectivity index (χ1n) is 5.94. The molecule has 1 aromatic rings. The molecule has 0 bridgehead atoms. The molecule has 0 saturated carbocycles. The Bertz CT molecular complexity index is 496. The molecular weight excluding hydrogens is 269 g/mol. The summed E-state index contributed by atoms with van der Waals surface area (Å²) in [7, 11) is 1.77. The van der Waals surface area contributed by atoms with Crippen molar-refractivity contribution in [1.82, 2.24) is 10.6 Å². The molecule has 7 nitrogen and oxygen atoms in total. The fraction of sp³-hybridized carbons (Fsp3) is 0.417. The molecule has 0 heterocycles. The molecule has 1 amide bonds. The second-order valence-corrected chi connectivity index (χ2v) is 4.15. The van der Waals surface area contributed by atoms with Crippen molar-refractivity contribution < 1.29 is 18.8 Å². The summed E-state index contributed by atoms with van der Waals surface area (Å²) >= 11 is 0. The molecule has 110 valence electrons. The van der Waals surface area contributed by atoms with Crippen LogP contribution in [-0.4, -0.2) is 37.1 Å². The zero-order chi connectivity index (χ0) is 15.1. The van der Waals surface area contributed by atoms with Gasteiger partial charge in [-0.05, 0) is 20.0 Å². The van der Waals surface area contributed by atoms with Crippen molar-refractivity contribution >= 4 is 11.6 Å². The standard InChI is InChI=1S/C12H16FN3O4/c1-8(14-2)6-15-12(17)7-20-9-3-4-11(16(18)19)10(13)5-9/h3-5,8,14H,6-7H2,1-2H3,(H,15,17). The Morgan fingerprint density at radius 3 is 2.80 bits per heavy atom. The number of likely N-dealkylation sites (N-methyl/N-ethyl adjacent to an activating group) is 1. The van der Waals surface area contributed by atoms with Crippen LogP contribution in [0.2, 0.25) is 0 Å². The summed E-state index contributed by atoms with van der Waals surface area (Å²) in [6, 6.07) is 3.23. The van der Waals surface area contributed by atoms with Crippen LogP contribution in [0.3, 0.4) is 0 Å². The highest BCUT2D eigenvalue weighted by Gasteiger charge is 2.14. The van der Waals surface area contributed by atoms with Gasteiger partial charge in [-0.2, -0.15) is 4.39 Å². The molecule has 1 aromatic carbocycles. The Kier molecular flexibility index (Phi) is 5.85. The van der Waals surface area contributed by atoms with E-state index in [-0.39, 0.29) is 24.3 Å². The van der Waals surface area contributed by atoms with E-state index in [0.717, 1.165) is 12.1 Å². The normalized spacial score (nSPS) is 11.8. The number of nitro benzene ring substituents is 1. The van der Waals surface area contributed by atoms with E-state index in [1.807, 2.05) is 6.92 Å². The van der Waals surface area contributed by atoms with E-state index >= 15 is 0 Å². The number of hydrogen-bond acceptors (Lipinski definition) is 5. The maximum atomic E-state index is 13.3. The summed E-state index contributed by atoms with van der Waals surface area (Å²) in [5.41, 5.74) is -0.635. The van der Waals surface area contributed by atoms with Crippen molar-refractivity contribution in [3.05, 3.63) is 34.1 Å². The largest absolute Gasteiger partial charge is 0.484 e. The molecule has 0 saturated heterocycles. The Hall–Kier alpha value is -2.22. The van der Waals surface area contributed by atoms with Crippen molar-refractivity contribution in [2.24, 2.45) is 0 Å². The molecule has 0 spiro atoms. The third-order valence-electron chi connectivity index (χ3n) is 2.58. The second-order valence-electron chi connectivity index (χ2n) is 4.15. The van der Waals surface area contributed by atoms with E-state index in [9.17, 15) is 19.3 Å². The molecule has 1 unspecified atom stereocenters. The van der Waals surface area contributed by atoms with Gasteiger partial charge in [0.1, 0.15) is 5.75 Å². The quantitative estimate of drug-likeness (QED) is 0.572. The average molecular weight is 285 g/mol. The number of nitro groups is 1. The van der Waals surface area contributed by atoms with E-state index in [1.54, 1.807) is 7.05 Å². The van der Waals surface area contributed by atoms with Gasteiger partial charge in [0, 0.05) is 24.7 Å². The summed E-state index contributed by atoms with van der Waals surface area (Å²) in [5.74, 6) is -1.30. The minimum atomic E-state index is -1.00. The van der Waals surface area contributed by atoms with Gasteiger partial charge < -0.3 is 15.4 Å².